The molecule has 0 aliphatic heterocycles. The Balaban J connectivity index is 1.41. The van der Waals surface area contributed by atoms with Crippen LogP contribution in [-0.2, 0) is 4.79 Å². The highest BCUT2D eigenvalue weighted by atomic mass is 35.5. The SMILES string of the molecule is C[C@@H](Oc1ccc(Cl)cc1)C(=O)N/N=C/c1ccccc1OC(=O)c1sc2ccccc2c1Cl. The molecule has 3 aromatic carbocycles. The summed E-state index contributed by atoms with van der Waals surface area (Å²) in [5, 5.41) is 5.70. The Kier molecular flexibility index (Phi) is 7.47. The van der Waals surface area contributed by atoms with Gasteiger partial charge in [-0.05, 0) is 49.4 Å². The molecule has 1 aromatic heterocycles. The van der Waals surface area contributed by atoms with Crippen molar-refractivity contribution in [2.24, 2.45) is 5.10 Å². The molecule has 0 bridgehead atoms. The highest BCUT2D eigenvalue weighted by molar-refractivity contribution is 7.21. The number of para-hydroxylation sites is 1. The van der Waals surface area contributed by atoms with Gasteiger partial charge in [0.15, 0.2) is 6.10 Å². The van der Waals surface area contributed by atoms with Crippen LogP contribution in [0.2, 0.25) is 10.0 Å². The van der Waals surface area contributed by atoms with Crippen LogP contribution in [0.25, 0.3) is 10.1 Å². The number of benzene rings is 3. The van der Waals surface area contributed by atoms with Gasteiger partial charge in [0.25, 0.3) is 5.91 Å². The quantitative estimate of drug-likeness (QED) is 0.135. The minimum absolute atomic E-state index is 0.282. The summed E-state index contributed by atoms with van der Waals surface area (Å²) in [7, 11) is 0. The van der Waals surface area contributed by atoms with Crippen LogP contribution >= 0.6 is 34.5 Å². The molecule has 34 heavy (non-hydrogen) atoms. The maximum Gasteiger partial charge on any atom is 0.355 e. The van der Waals surface area contributed by atoms with E-state index in [0.717, 1.165) is 10.1 Å². The van der Waals surface area contributed by atoms with Crippen molar-refractivity contribution < 1.29 is 19.1 Å². The standard InChI is InChI=1S/C25H18Cl2N2O4S/c1-15(32-18-12-10-17(26)11-13-18)24(30)29-28-14-16-6-2-4-8-20(16)33-25(31)23-22(27)19-7-3-5-9-21(19)34-23/h2-15H,1H3,(H,29,30)/b28-14+/t15-/m1/s1. The van der Waals surface area contributed by atoms with Gasteiger partial charge in [-0.2, -0.15) is 5.10 Å². The molecule has 9 heteroatoms. The lowest BCUT2D eigenvalue weighted by molar-refractivity contribution is -0.127. The molecule has 1 N–H and O–H groups in total. The second-order valence-electron chi connectivity index (χ2n) is 7.12. The Morgan fingerprint density at radius 1 is 1.00 bits per heavy atom. The van der Waals surface area contributed by atoms with E-state index in [4.69, 9.17) is 32.7 Å². The van der Waals surface area contributed by atoms with Crippen molar-refractivity contribution in [3.63, 3.8) is 0 Å². The molecule has 4 rings (SSSR count). The number of thiophene rings is 1. The molecule has 1 amide bonds. The number of carbonyl (C=O) groups is 2. The van der Waals surface area contributed by atoms with Gasteiger partial charge in [0.2, 0.25) is 0 Å². The number of hydrazone groups is 1. The van der Waals surface area contributed by atoms with Crippen LogP contribution in [0.3, 0.4) is 0 Å². The van der Waals surface area contributed by atoms with Crippen molar-refractivity contribution in [3.8, 4) is 11.5 Å². The van der Waals surface area contributed by atoms with Crippen LogP contribution in [0.4, 0.5) is 0 Å². The van der Waals surface area contributed by atoms with Gasteiger partial charge in [0, 0.05) is 20.7 Å². The van der Waals surface area contributed by atoms with Crippen molar-refractivity contribution in [2.45, 2.75) is 13.0 Å². The lowest BCUT2D eigenvalue weighted by Crippen LogP contribution is -2.33. The summed E-state index contributed by atoms with van der Waals surface area (Å²) < 4.78 is 12.0. The largest absolute Gasteiger partial charge is 0.481 e. The van der Waals surface area contributed by atoms with Crippen LogP contribution in [0.15, 0.2) is 77.9 Å². The first-order chi connectivity index (χ1) is 16.4. The molecule has 1 heterocycles. The summed E-state index contributed by atoms with van der Waals surface area (Å²) in [5.41, 5.74) is 2.92. The highest BCUT2D eigenvalue weighted by Gasteiger charge is 2.20. The Hall–Kier alpha value is -3.39. The van der Waals surface area contributed by atoms with E-state index in [1.54, 1.807) is 55.5 Å². The summed E-state index contributed by atoms with van der Waals surface area (Å²) in [6.07, 6.45) is 0.601. The van der Waals surface area contributed by atoms with E-state index >= 15 is 0 Å². The molecule has 0 unspecified atom stereocenters. The van der Waals surface area contributed by atoms with Gasteiger partial charge in [0.1, 0.15) is 16.4 Å². The van der Waals surface area contributed by atoms with Crippen molar-refractivity contribution in [1.29, 1.82) is 0 Å². The number of nitrogens with one attached hydrogen (secondary N) is 1. The molecule has 4 aromatic rings. The van der Waals surface area contributed by atoms with Gasteiger partial charge in [0.05, 0.1) is 11.2 Å². The van der Waals surface area contributed by atoms with Crippen LogP contribution in [-0.4, -0.2) is 24.2 Å². The minimum atomic E-state index is -0.790. The van der Waals surface area contributed by atoms with E-state index in [0.29, 0.717) is 26.2 Å². The number of nitrogens with zero attached hydrogens (tertiary/aromatic N) is 1. The van der Waals surface area contributed by atoms with Gasteiger partial charge in [-0.3, -0.25) is 4.79 Å². The van der Waals surface area contributed by atoms with E-state index < -0.39 is 18.0 Å². The summed E-state index contributed by atoms with van der Waals surface area (Å²) in [6.45, 7) is 1.60. The molecule has 6 nitrogen and oxygen atoms in total. The zero-order valence-corrected chi connectivity index (χ0v) is 20.2. The summed E-state index contributed by atoms with van der Waals surface area (Å²) in [4.78, 5) is 25.4. The summed E-state index contributed by atoms with van der Waals surface area (Å²) in [6, 6.07) is 21.0. The zero-order valence-electron chi connectivity index (χ0n) is 17.8. The number of halogens is 2. The van der Waals surface area contributed by atoms with E-state index in [1.165, 1.54) is 17.6 Å². The molecule has 0 aliphatic rings. The Morgan fingerprint density at radius 2 is 1.71 bits per heavy atom. The summed E-state index contributed by atoms with van der Waals surface area (Å²) >= 11 is 13.5. The monoisotopic (exact) mass is 512 g/mol. The number of esters is 1. The Bertz CT molecular complexity index is 1370. The lowest BCUT2D eigenvalue weighted by atomic mass is 10.2. The van der Waals surface area contributed by atoms with Crippen molar-refractivity contribution >= 4 is 62.7 Å². The van der Waals surface area contributed by atoms with E-state index in [1.807, 2.05) is 24.3 Å². The van der Waals surface area contributed by atoms with Crippen molar-refractivity contribution in [2.75, 3.05) is 0 Å². The topological polar surface area (TPSA) is 77.0 Å². The van der Waals surface area contributed by atoms with Gasteiger partial charge in [-0.1, -0.05) is 53.5 Å². The van der Waals surface area contributed by atoms with Gasteiger partial charge >= 0.3 is 5.97 Å². The first-order valence-corrected chi connectivity index (χ1v) is 11.7. The fourth-order valence-corrected chi connectivity index (χ4v) is 4.51. The van der Waals surface area contributed by atoms with Crippen LogP contribution in [0, 0.1) is 0 Å². The fraction of sp³-hybridized carbons (Fsp3) is 0.0800. The van der Waals surface area contributed by atoms with Gasteiger partial charge in [-0.15, -0.1) is 11.3 Å². The fourth-order valence-electron chi connectivity index (χ4n) is 3.00. The molecule has 172 valence electrons. The number of hydrogen-bond acceptors (Lipinski definition) is 6. The molecular weight excluding hydrogens is 495 g/mol. The number of fused-ring (bicyclic) bond motifs is 1. The maximum absolute atomic E-state index is 12.8. The third kappa shape index (κ3) is 5.56. The number of carbonyl (C=O) groups excluding carboxylic acids is 2. The molecule has 0 radical (unpaired) electrons. The Morgan fingerprint density at radius 3 is 2.47 bits per heavy atom. The molecular formula is C25H18Cl2N2O4S. The van der Waals surface area contributed by atoms with Crippen LogP contribution in [0.5, 0.6) is 11.5 Å². The zero-order chi connectivity index (χ0) is 24.1. The smallest absolute Gasteiger partial charge is 0.355 e. The van der Waals surface area contributed by atoms with E-state index in [9.17, 15) is 9.59 Å². The Labute approximate surface area is 209 Å². The van der Waals surface area contributed by atoms with E-state index in [-0.39, 0.29) is 5.75 Å². The van der Waals surface area contributed by atoms with Crippen LogP contribution in [0.1, 0.15) is 22.2 Å². The third-order valence-electron chi connectivity index (χ3n) is 4.72. The van der Waals surface area contributed by atoms with Crippen molar-refractivity contribution in [3.05, 3.63) is 93.3 Å². The maximum atomic E-state index is 12.8. The number of ether oxygens (including phenoxy) is 2. The molecule has 0 saturated carbocycles. The number of amides is 1. The highest BCUT2D eigenvalue weighted by Crippen LogP contribution is 2.36. The van der Waals surface area contributed by atoms with Crippen LogP contribution < -0.4 is 14.9 Å². The molecule has 0 spiro atoms. The molecule has 0 saturated heterocycles. The van der Waals surface area contributed by atoms with Gasteiger partial charge < -0.3 is 9.47 Å². The van der Waals surface area contributed by atoms with E-state index in [2.05, 4.69) is 10.5 Å². The normalized spacial score (nSPS) is 12.0. The summed E-state index contributed by atoms with van der Waals surface area (Å²) in [5.74, 6) is -0.225. The molecule has 1 atom stereocenters. The average molecular weight is 513 g/mol. The second-order valence-corrected chi connectivity index (χ2v) is 8.98. The van der Waals surface area contributed by atoms with Gasteiger partial charge in [-0.25, -0.2) is 10.2 Å². The first kappa shape index (κ1) is 23.8. The molecule has 0 aliphatic carbocycles. The minimum Gasteiger partial charge on any atom is -0.481 e. The second kappa shape index (κ2) is 10.7. The third-order valence-corrected chi connectivity index (χ3v) is 6.62. The predicted molar refractivity (Wildman–Crippen MR) is 136 cm³/mol. The average Bonchev–Trinajstić information content (AvgIpc) is 3.18. The lowest BCUT2D eigenvalue weighted by Gasteiger charge is -2.12. The molecule has 0 fully saturated rings. The van der Waals surface area contributed by atoms with Crippen molar-refractivity contribution in [1.82, 2.24) is 5.43 Å². The number of rotatable bonds is 7. The first-order valence-electron chi connectivity index (χ1n) is 10.2. The predicted octanol–water partition coefficient (Wildman–Crippen LogP) is 6.34. The number of hydrogen-bond donors (Lipinski definition) is 1.